The SMILES string of the molecule is C=C1C(c2cccc(C)c2C)=C(C)N(Cc2ccccc2C)C(=C)N1CCC(/C=C\C)=C/C.CC. The predicted octanol–water partition coefficient (Wildman–Crippen LogP) is 9.08. The summed E-state index contributed by atoms with van der Waals surface area (Å²) in [7, 11) is 0. The molecule has 2 aromatic carbocycles. The third-order valence-electron chi connectivity index (χ3n) is 6.84. The molecule has 0 aliphatic carbocycles. The Labute approximate surface area is 214 Å². The molecule has 0 N–H and O–H groups in total. The van der Waals surface area contributed by atoms with E-state index in [0.29, 0.717) is 0 Å². The highest BCUT2D eigenvalue weighted by Gasteiger charge is 2.30. The van der Waals surface area contributed by atoms with Gasteiger partial charge in [0.15, 0.2) is 0 Å². The number of nitrogens with zero attached hydrogens (tertiary/aromatic N) is 2. The van der Waals surface area contributed by atoms with Gasteiger partial charge in [-0.05, 0) is 75.8 Å². The van der Waals surface area contributed by atoms with Gasteiger partial charge in [0.2, 0.25) is 0 Å². The fourth-order valence-electron chi connectivity index (χ4n) is 4.56. The van der Waals surface area contributed by atoms with Crippen LogP contribution in [0.5, 0.6) is 0 Å². The molecule has 1 aliphatic rings. The van der Waals surface area contributed by atoms with Crippen LogP contribution in [0.25, 0.3) is 5.57 Å². The zero-order valence-electron chi connectivity index (χ0n) is 23.2. The quantitative estimate of drug-likeness (QED) is 0.374. The van der Waals surface area contributed by atoms with Crippen molar-refractivity contribution < 1.29 is 0 Å². The van der Waals surface area contributed by atoms with Gasteiger partial charge in [0.25, 0.3) is 0 Å². The maximum atomic E-state index is 4.58. The largest absolute Gasteiger partial charge is 0.328 e. The second kappa shape index (κ2) is 13.0. The minimum atomic E-state index is 0.792. The molecule has 0 saturated heterocycles. The van der Waals surface area contributed by atoms with Gasteiger partial charge >= 0.3 is 0 Å². The Balaban J connectivity index is 0.00000210. The minimum Gasteiger partial charge on any atom is -0.328 e. The molecule has 35 heavy (non-hydrogen) atoms. The fourth-order valence-corrected chi connectivity index (χ4v) is 4.56. The first-order valence-corrected chi connectivity index (χ1v) is 12.8. The molecule has 0 saturated carbocycles. The van der Waals surface area contributed by atoms with Gasteiger partial charge in [0.05, 0.1) is 0 Å². The van der Waals surface area contributed by atoms with Crippen molar-refractivity contribution in [2.75, 3.05) is 6.54 Å². The van der Waals surface area contributed by atoms with Crippen molar-refractivity contribution in [1.29, 1.82) is 0 Å². The molecule has 186 valence electrons. The van der Waals surface area contributed by atoms with Gasteiger partial charge in [-0.1, -0.05) is 93.3 Å². The van der Waals surface area contributed by atoms with E-state index >= 15 is 0 Å². The lowest BCUT2D eigenvalue weighted by atomic mass is 9.91. The summed E-state index contributed by atoms with van der Waals surface area (Å²) in [6, 6.07) is 15.2. The number of hydrogen-bond donors (Lipinski definition) is 0. The first-order valence-electron chi connectivity index (χ1n) is 12.8. The second-order valence-corrected chi connectivity index (χ2v) is 8.85. The average Bonchev–Trinajstić information content (AvgIpc) is 2.86. The van der Waals surface area contributed by atoms with E-state index in [4.69, 9.17) is 0 Å². The molecule has 0 unspecified atom stereocenters. The Bertz CT molecular complexity index is 1140. The lowest BCUT2D eigenvalue weighted by Crippen LogP contribution is -2.39. The summed E-state index contributed by atoms with van der Waals surface area (Å²) < 4.78 is 0. The Kier molecular flexibility index (Phi) is 10.4. The summed E-state index contributed by atoms with van der Waals surface area (Å²) in [5.41, 5.74) is 11.2. The molecule has 0 spiro atoms. The third-order valence-corrected chi connectivity index (χ3v) is 6.84. The topological polar surface area (TPSA) is 6.48 Å². The monoisotopic (exact) mass is 468 g/mol. The molecule has 0 aromatic heterocycles. The van der Waals surface area contributed by atoms with Crippen LogP contribution in [0, 0.1) is 20.8 Å². The summed E-state index contributed by atoms with van der Waals surface area (Å²) in [5.74, 6) is 0.991. The van der Waals surface area contributed by atoms with Crippen LogP contribution in [0.15, 0.2) is 96.6 Å². The molecule has 0 bridgehead atoms. The molecule has 2 nitrogen and oxygen atoms in total. The van der Waals surface area contributed by atoms with Crippen LogP contribution >= 0.6 is 0 Å². The highest BCUT2D eigenvalue weighted by molar-refractivity contribution is 5.83. The molecule has 2 aromatic rings. The molecule has 0 amide bonds. The van der Waals surface area contributed by atoms with E-state index in [-0.39, 0.29) is 0 Å². The summed E-state index contributed by atoms with van der Waals surface area (Å²) in [6.45, 7) is 27.7. The molecule has 1 aliphatic heterocycles. The molecule has 2 heteroatoms. The van der Waals surface area contributed by atoms with Crippen LogP contribution in [-0.4, -0.2) is 16.3 Å². The van der Waals surface area contributed by atoms with E-state index in [2.05, 4.69) is 125 Å². The lowest BCUT2D eigenvalue weighted by Gasteiger charge is -2.44. The molecular formula is C33H44N2. The van der Waals surface area contributed by atoms with Gasteiger partial charge in [0, 0.05) is 30.1 Å². The fraction of sp³-hybridized carbons (Fsp3) is 0.333. The van der Waals surface area contributed by atoms with Crippen molar-refractivity contribution in [3.8, 4) is 0 Å². The Morgan fingerprint density at radius 3 is 2.14 bits per heavy atom. The first kappa shape index (κ1) is 28.0. The van der Waals surface area contributed by atoms with Crippen molar-refractivity contribution in [1.82, 2.24) is 9.80 Å². The minimum absolute atomic E-state index is 0.792. The van der Waals surface area contributed by atoms with Gasteiger partial charge in [-0.25, -0.2) is 0 Å². The molecular weight excluding hydrogens is 424 g/mol. The molecule has 0 fully saturated rings. The van der Waals surface area contributed by atoms with E-state index in [1.807, 2.05) is 13.8 Å². The van der Waals surface area contributed by atoms with Gasteiger partial charge in [0.1, 0.15) is 5.82 Å². The van der Waals surface area contributed by atoms with Gasteiger partial charge in [-0.2, -0.15) is 0 Å². The standard InChI is InChI=1S/C31H38N2.C2H6/c1-9-14-28(10-2)19-20-32-25(6)31(30-18-13-16-22(3)24(30)5)26(7)33(27(32)8)21-29-17-12-11-15-23(29)4;1-2/h9-18H,6,8,19-21H2,1-5,7H3;1-2H3/b14-9-,28-10+;. The number of allylic oxidation sites excluding steroid dienone is 5. The Hall–Kier alpha value is -3.26. The number of aryl methyl sites for hydroxylation is 2. The van der Waals surface area contributed by atoms with Crippen LogP contribution < -0.4 is 0 Å². The van der Waals surface area contributed by atoms with Crippen LogP contribution in [0.3, 0.4) is 0 Å². The van der Waals surface area contributed by atoms with Crippen LogP contribution in [0.1, 0.15) is 68.9 Å². The van der Waals surface area contributed by atoms with Gasteiger partial charge < -0.3 is 9.80 Å². The molecule has 3 rings (SSSR count). The maximum Gasteiger partial charge on any atom is 0.106 e. The number of rotatable bonds is 7. The number of hydrogen-bond acceptors (Lipinski definition) is 2. The third kappa shape index (κ3) is 6.25. The van der Waals surface area contributed by atoms with Crippen molar-refractivity contribution in [3.63, 3.8) is 0 Å². The van der Waals surface area contributed by atoms with E-state index in [0.717, 1.165) is 31.0 Å². The maximum absolute atomic E-state index is 4.58. The zero-order valence-corrected chi connectivity index (χ0v) is 23.2. The number of benzene rings is 2. The first-order chi connectivity index (χ1) is 16.8. The smallest absolute Gasteiger partial charge is 0.106 e. The van der Waals surface area contributed by atoms with E-state index in [1.165, 1.54) is 44.7 Å². The van der Waals surface area contributed by atoms with Crippen LogP contribution in [0.4, 0.5) is 0 Å². The van der Waals surface area contributed by atoms with Crippen molar-refractivity contribution in [2.24, 2.45) is 0 Å². The van der Waals surface area contributed by atoms with Crippen molar-refractivity contribution in [3.05, 3.63) is 124 Å². The molecule has 0 atom stereocenters. The second-order valence-electron chi connectivity index (χ2n) is 8.85. The van der Waals surface area contributed by atoms with Crippen LogP contribution in [-0.2, 0) is 6.54 Å². The summed E-state index contributed by atoms with van der Waals surface area (Å²) in [4.78, 5) is 4.66. The van der Waals surface area contributed by atoms with Gasteiger partial charge in [-0.15, -0.1) is 0 Å². The average molecular weight is 469 g/mol. The van der Waals surface area contributed by atoms with E-state index in [1.54, 1.807) is 0 Å². The highest BCUT2D eigenvalue weighted by atomic mass is 15.4. The Morgan fingerprint density at radius 2 is 1.51 bits per heavy atom. The van der Waals surface area contributed by atoms with E-state index < -0.39 is 0 Å². The van der Waals surface area contributed by atoms with Crippen LogP contribution in [0.2, 0.25) is 0 Å². The Morgan fingerprint density at radius 1 is 0.857 bits per heavy atom. The normalized spacial score (nSPS) is 14.6. The molecule has 1 heterocycles. The van der Waals surface area contributed by atoms with E-state index in [9.17, 15) is 0 Å². The zero-order chi connectivity index (χ0) is 26.1. The molecule has 0 radical (unpaired) electrons. The lowest BCUT2D eigenvalue weighted by molar-refractivity contribution is 0.272. The van der Waals surface area contributed by atoms with Gasteiger partial charge in [-0.3, -0.25) is 0 Å². The predicted molar refractivity (Wildman–Crippen MR) is 155 cm³/mol. The summed E-state index contributed by atoms with van der Waals surface area (Å²) in [5, 5.41) is 0. The van der Waals surface area contributed by atoms with Crippen molar-refractivity contribution >= 4 is 5.57 Å². The summed E-state index contributed by atoms with van der Waals surface area (Å²) in [6.07, 6.45) is 7.42. The summed E-state index contributed by atoms with van der Waals surface area (Å²) >= 11 is 0. The highest BCUT2D eigenvalue weighted by Crippen LogP contribution is 2.41. The van der Waals surface area contributed by atoms with Crippen molar-refractivity contribution in [2.45, 2.75) is 68.4 Å².